The Morgan fingerprint density at radius 1 is 1.47 bits per heavy atom. The second kappa shape index (κ2) is 5.50. The van der Waals surface area contributed by atoms with E-state index in [9.17, 15) is 4.79 Å². The highest BCUT2D eigenvalue weighted by molar-refractivity contribution is 5.31. The van der Waals surface area contributed by atoms with E-state index in [2.05, 4.69) is 23.8 Å². The molecule has 0 saturated heterocycles. The van der Waals surface area contributed by atoms with Gasteiger partial charge in [0.05, 0.1) is 18.4 Å². The van der Waals surface area contributed by atoms with E-state index in [1.807, 2.05) is 0 Å². The highest BCUT2D eigenvalue weighted by Crippen LogP contribution is 1.92. The van der Waals surface area contributed by atoms with Crippen molar-refractivity contribution in [2.24, 2.45) is 0 Å². The minimum absolute atomic E-state index is 0.137. The van der Waals surface area contributed by atoms with Gasteiger partial charge in [-0.1, -0.05) is 13.8 Å². The van der Waals surface area contributed by atoms with Gasteiger partial charge in [0.25, 0.3) is 5.56 Å². The van der Waals surface area contributed by atoms with Crippen LogP contribution in [-0.2, 0) is 6.54 Å². The van der Waals surface area contributed by atoms with Crippen LogP contribution in [0.2, 0.25) is 0 Å². The molecule has 0 bridgehead atoms. The fraction of sp³-hybridized carbons (Fsp3) is 0.600. The first-order valence-corrected chi connectivity index (χ1v) is 5.22. The lowest BCUT2D eigenvalue weighted by Gasteiger charge is -2.17. The van der Waals surface area contributed by atoms with E-state index in [0.29, 0.717) is 12.2 Å². The zero-order valence-electron chi connectivity index (χ0n) is 9.31. The topological polar surface area (TPSA) is 64.2 Å². The Hall–Kier alpha value is -1.36. The zero-order valence-corrected chi connectivity index (χ0v) is 9.31. The van der Waals surface area contributed by atoms with E-state index in [1.165, 1.54) is 16.9 Å². The molecule has 2 N–H and O–H groups in total. The van der Waals surface area contributed by atoms with Crippen molar-refractivity contribution in [1.29, 1.82) is 0 Å². The largest absolute Gasteiger partial charge is 0.397 e. The fourth-order valence-electron chi connectivity index (χ4n) is 1.39. The first kappa shape index (κ1) is 11.7. The number of nitrogens with two attached hydrogens (primary N) is 1. The zero-order chi connectivity index (χ0) is 11.3. The maximum absolute atomic E-state index is 11.4. The molecule has 0 unspecified atom stereocenters. The second-order valence-corrected chi connectivity index (χ2v) is 3.38. The van der Waals surface area contributed by atoms with Crippen molar-refractivity contribution in [3.05, 3.63) is 22.6 Å². The van der Waals surface area contributed by atoms with Gasteiger partial charge in [-0.25, -0.2) is 4.68 Å². The van der Waals surface area contributed by atoms with Crippen molar-refractivity contribution < 1.29 is 0 Å². The highest BCUT2D eigenvalue weighted by atomic mass is 16.1. The van der Waals surface area contributed by atoms with E-state index in [-0.39, 0.29) is 5.56 Å². The first-order chi connectivity index (χ1) is 7.17. The molecule has 0 radical (unpaired) electrons. The van der Waals surface area contributed by atoms with Gasteiger partial charge in [0.2, 0.25) is 0 Å². The van der Waals surface area contributed by atoms with Crippen LogP contribution in [0.25, 0.3) is 0 Å². The van der Waals surface area contributed by atoms with Crippen molar-refractivity contribution in [3.8, 4) is 0 Å². The van der Waals surface area contributed by atoms with Gasteiger partial charge in [0, 0.05) is 12.6 Å². The van der Waals surface area contributed by atoms with E-state index >= 15 is 0 Å². The molecule has 15 heavy (non-hydrogen) atoms. The molecule has 1 aromatic heterocycles. The third-order valence-corrected chi connectivity index (χ3v) is 2.41. The average Bonchev–Trinajstić information content (AvgIpc) is 2.22. The smallest absolute Gasteiger partial charge is 0.268 e. The van der Waals surface area contributed by atoms with Gasteiger partial charge in [-0.2, -0.15) is 5.10 Å². The lowest BCUT2D eigenvalue weighted by molar-refractivity contribution is 0.282. The van der Waals surface area contributed by atoms with Crippen LogP contribution in [0.15, 0.2) is 17.1 Å². The van der Waals surface area contributed by atoms with Crippen LogP contribution in [0.3, 0.4) is 0 Å². The molecule has 0 saturated carbocycles. The van der Waals surface area contributed by atoms with Gasteiger partial charge >= 0.3 is 0 Å². The normalized spacial score (nSPS) is 10.9. The molecular formula is C10H18N4O. The Labute approximate surface area is 89.5 Å². The van der Waals surface area contributed by atoms with Gasteiger partial charge in [0.1, 0.15) is 0 Å². The number of nitrogens with zero attached hydrogens (tertiary/aromatic N) is 3. The molecule has 1 rings (SSSR count). The molecular weight excluding hydrogens is 192 g/mol. The lowest BCUT2D eigenvalue weighted by atomic mass is 10.4. The summed E-state index contributed by atoms with van der Waals surface area (Å²) in [5.41, 5.74) is 5.73. The van der Waals surface area contributed by atoms with E-state index in [4.69, 9.17) is 5.73 Å². The van der Waals surface area contributed by atoms with Crippen LogP contribution in [0, 0.1) is 0 Å². The van der Waals surface area contributed by atoms with Gasteiger partial charge in [-0.15, -0.1) is 0 Å². The number of aromatic nitrogens is 2. The van der Waals surface area contributed by atoms with Crippen molar-refractivity contribution in [2.45, 2.75) is 20.4 Å². The van der Waals surface area contributed by atoms with Gasteiger partial charge in [0.15, 0.2) is 0 Å². The quantitative estimate of drug-likeness (QED) is 0.752. The minimum atomic E-state index is -0.137. The summed E-state index contributed by atoms with van der Waals surface area (Å²) in [5, 5.41) is 3.97. The van der Waals surface area contributed by atoms with Crippen molar-refractivity contribution >= 4 is 5.69 Å². The number of hydrogen-bond acceptors (Lipinski definition) is 4. The van der Waals surface area contributed by atoms with E-state index in [1.54, 1.807) is 0 Å². The number of nitrogen functional groups attached to an aromatic ring is 1. The SMILES string of the molecule is CCN(CC)CCn1ncc(N)cc1=O. The minimum Gasteiger partial charge on any atom is -0.397 e. The molecule has 84 valence electrons. The van der Waals surface area contributed by atoms with Crippen molar-refractivity contribution in [3.63, 3.8) is 0 Å². The van der Waals surface area contributed by atoms with Crippen LogP contribution in [0.5, 0.6) is 0 Å². The fourth-order valence-corrected chi connectivity index (χ4v) is 1.39. The predicted octanol–water partition coefficient (Wildman–Crippen LogP) is 0.167. The van der Waals surface area contributed by atoms with Crippen LogP contribution in [0.1, 0.15) is 13.8 Å². The summed E-state index contributed by atoms with van der Waals surface area (Å²) < 4.78 is 1.44. The number of anilines is 1. The maximum Gasteiger partial charge on any atom is 0.268 e. The van der Waals surface area contributed by atoms with Crippen LogP contribution >= 0.6 is 0 Å². The van der Waals surface area contributed by atoms with Gasteiger partial charge in [-0.3, -0.25) is 4.79 Å². The number of rotatable bonds is 5. The summed E-state index contributed by atoms with van der Waals surface area (Å²) in [6.45, 7) is 7.62. The molecule has 5 nitrogen and oxygen atoms in total. The molecule has 0 aliphatic heterocycles. The Kier molecular flexibility index (Phi) is 4.30. The van der Waals surface area contributed by atoms with Crippen molar-refractivity contribution in [2.75, 3.05) is 25.4 Å². The summed E-state index contributed by atoms with van der Waals surface area (Å²) in [5.74, 6) is 0. The second-order valence-electron chi connectivity index (χ2n) is 3.38. The average molecular weight is 210 g/mol. The van der Waals surface area contributed by atoms with E-state index < -0.39 is 0 Å². The summed E-state index contributed by atoms with van der Waals surface area (Å²) in [4.78, 5) is 13.7. The van der Waals surface area contributed by atoms with Crippen LogP contribution in [-0.4, -0.2) is 34.3 Å². The highest BCUT2D eigenvalue weighted by Gasteiger charge is 2.01. The molecule has 0 aliphatic carbocycles. The molecule has 0 aromatic carbocycles. The Bertz CT molecular complexity index is 357. The molecule has 0 atom stereocenters. The number of likely N-dealkylation sites (N-methyl/N-ethyl adjacent to an activating group) is 1. The molecule has 0 spiro atoms. The molecule has 0 amide bonds. The van der Waals surface area contributed by atoms with E-state index in [0.717, 1.165) is 19.6 Å². The molecule has 0 fully saturated rings. The number of hydrogen-bond donors (Lipinski definition) is 1. The maximum atomic E-state index is 11.4. The molecule has 0 aliphatic rings. The van der Waals surface area contributed by atoms with Crippen molar-refractivity contribution in [1.82, 2.24) is 14.7 Å². The Balaban J connectivity index is 2.61. The van der Waals surface area contributed by atoms with Gasteiger partial charge in [-0.05, 0) is 13.1 Å². The Morgan fingerprint density at radius 3 is 2.67 bits per heavy atom. The third-order valence-electron chi connectivity index (χ3n) is 2.41. The summed E-state index contributed by atoms with van der Waals surface area (Å²) in [7, 11) is 0. The summed E-state index contributed by atoms with van der Waals surface area (Å²) >= 11 is 0. The lowest BCUT2D eigenvalue weighted by Crippen LogP contribution is -2.31. The monoisotopic (exact) mass is 210 g/mol. The summed E-state index contributed by atoms with van der Waals surface area (Å²) in [6.07, 6.45) is 1.50. The molecule has 1 heterocycles. The standard InChI is InChI=1S/C10H18N4O/c1-3-13(4-2)5-6-14-10(15)7-9(11)8-12-14/h7-8H,3-6,11H2,1-2H3. The molecule has 5 heteroatoms. The van der Waals surface area contributed by atoms with Gasteiger partial charge < -0.3 is 10.6 Å². The Morgan fingerprint density at radius 2 is 2.13 bits per heavy atom. The van der Waals surface area contributed by atoms with Crippen LogP contribution in [0.4, 0.5) is 5.69 Å². The molecule has 1 aromatic rings. The van der Waals surface area contributed by atoms with Crippen LogP contribution < -0.4 is 11.3 Å². The predicted molar refractivity (Wildman–Crippen MR) is 60.7 cm³/mol. The third kappa shape index (κ3) is 3.36. The first-order valence-electron chi connectivity index (χ1n) is 5.22. The summed E-state index contributed by atoms with van der Waals surface area (Å²) in [6, 6.07) is 1.40.